The predicted molar refractivity (Wildman–Crippen MR) is 78.5 cm³/mol. The number of hydrogen-bond donors (Lipinski definition) is 2. The number of hydrogen-bond acceptors (Lipinski definition) is 3. The monoisotopic (exact) mass is 250 g/mol. The summed E-state index contributed by atoms with van der Waals surface area (Å²) in [5.41, 5.74) is 8.16. The van der Waals surface area contributed by atoms with Crippen LogP contribution in [0.4, 0.5) is 5.69 Å². The van der Waals surface area contributed by atoms with Crippen LogP contribution in [-0.2, 0) is 5.41 Å². The zero-order valence-corrected chi connectivity index (χ0v) is 12.2. The first-order valence-corrected chi connectivity index (χ1v) is 6.52. The van der Waals surface area contributed by atoms with Crippen LogP contribution in [0.2, 0.25) is 0 Å². The average Bonchev–Trinajstić information content (AvgIpc) is 2.27. The lowest BCUT2D eigenvalue weighted by atomic mass is 9.86. The number of nitrogens with one attached hydrogen (secondary N) is 1. The molecule has 3 heteroatoms. The molecule has 0 heterocycles. The van der Waals surface area contributed by atoms with Gasteiger partial charge in [-0.3, -0.25) is 0 Å². The summed E-state index contributed by atoms with van der Waals surface area (Å²) in [7, 11) is 1.72. The maximum Gasteiger partial charge on any atom is 0.122 e. The van der Waals surface area contributed by atoms with E-state index in [0.717, 1.165) is 24.4 Å². The van der Waals surface area contributed by atoms with Gasteiger partial charge in [-0.25, -0.2) is 0 Å². The van der Waals surface area contributed by atoms with Crippen LogP contribution < -0.4 is 15.8 Å². The quantitative estimate of drug-likeness (QED) is 0.844. The fourth-order valence-electron chi connectivity index (χ4n) is 1.85. The highest BCUT2D eigenvalue weighted by Gasteiger charge is 2.19. The summed E-state index contributed by atoms with van der Waals surface area (Å²) >= 11 is 0. The van der Waals surface area contributed by atoms with Gasteiger partial charge in [-0.15, -0.1) is 0 Å². The fraction of sp³-hybridized carbons (Fsp3) is 0.600. The van der Waals surface area contributed by atoms with E-state index in [0.29, 0.717) is 0 Å². The van der Waals surface area contributed by atoms with Crippen LogP contribution in [0.5, 0.6) is 5.75 Å². The molecule has 1 aromatic carbocycles. The first kappa shape index (κ1) is 14.8. The summed E-state index contributed by atoms with van der Waals surface area (Å²) in [4.78, 5) is 0. The molecule has 1 atom stereocenters. The van der Waals surface area contributed by atoms with Crippen molar-refractivity contribution in [1.82, 2.24) is 0 Å². The van der Waals surface area contributed by atoms with Gasteiger partial charge in [0, 0.05) is 23.8 Å². The van der Waals surface area contributed by atoms with E-state index >= 15 is 0 Å². The lowest BCUT2D eigenvalue weighted by molar-refractivity contribution is 0.397. The van der Waals surface area contributed by atoms with E-state index < -0.39 is 0 Å². The minimum Gasteiger partial charge on any atom is -0.496 e. The van der Waals surface area contributed by atoms with E-state index in [4.69, 9.17) is 10.5 Å². The van der Waals surface area contributed by atoms with E-state index in [1.807, 2.05) is 13.0 Å². The first-order chi connectivity index (χ1) is 8.34. The molecule has 3 nitrogen and oxygen atoms in total. The van der Waals surface area contributed by atoms with Crippen LogP contribution >= 0.6 is 0 Å². The van der Waals surface area contributed by atoms with Crippen molar-refractivity contribution in [3.05, 3.63) is 23.8 Å². The second kappa shape index (κ2) is 6.10. The summed E-state index contributed by atoms with van der Waals surface area (Å²) in [6, 6.07) is 6.47. The molecule has 1 aromatic rings. The molecule has 1 unspecified atom stereocenters. The Hall–Kier alpha value is -1.22. The third-order valence-electron chi connectivity index (χ3n) is 2.94. The van der Waals surface area contributed by atoms with Gasteiger partial charge >= 0.3 is 0 Å². The van der Waals surface area contributed by atoms with Crippen LogP contribution in [0.1, 0.15) is 39.7 Å². The van der Waals surface area contributed by atoms with Crippen molar-refractivity contribution in [3.8, 4) is 5.75 Å². The van der Waals surface area contributed by atoms with Gasteiger partial charge in [0.15, 0.2) is 0 Å². The van der Waals surface area contributed by atoms with E-state index in [2.05, 4.69) is 38.2 Å². The molecule has 18 heavy (non-hydrogen) atoms. The summed E-state index contributed by atoms with van der Waals surface area (Å²) in [5.74, 6) is 0.945. The molecule has 3 N–H and O–H groups in total. The summed E-state index contributed by atoms with van der Waals surface area (Å²) in [6.45, 7) is 9.49. The number of nitrogens with two attached hydrogens (primary N) is 1. The molecule has 0 aliphatic rings. The van der Waals surface area contributed by atoms with Gasteiger partial charge in [0.05, 0.1) is 7.11 Å². The van der Waals surface area contributed by atoms with Crippen LogP contribution in [0.3, 0.4) is 0 Å². The predicted octanol–water partition coefficient (Wildman–Crippen LogP) is 3.14. The SMILES string of the molecule is COc1ccc(NCCC(C)N)cc1C(C)(C)C. The maximum absolute atomic E-state index is 5.74. The molecule has 102 valence electrons. The highest BCUT2D eigenvalue weighted by atomic mass is 16.5. The van der Waals surface area contributed by atoms with Gasteiger partial charge in [0.1, 0.15) is 5.75 Å². The van der Waals surface area contributed by atoms with Crippen LogP contribution in [0.15, 0.2) is 18.2 Å². The van der Waals surface area contributed by atoms with E-state index in [-0.39, 0.29) is 11.5 Å². The van der Waals surface area contributed by atoms with Gasteiger partial charge in [-0.2, -0.15) is 0 Å². The third-order valence-corrected chi connectivity index (χ3v) is 2.94. The maximum atomic E-state index is 5.74. The molecule has 0 saturated carbocycles. The largest absolute Gasteiger partial charge is 0.496 e. The molecule has 0 aliphatic carbocycles. The Bertz CT molecular complexity index is 381. The van der Waals surface area contributed by atoms with Crippen LogP contribution in [0, 0.1) is 0 Å². The Kier molecular flexibility index (Phi) is 5.03. The van der Waals surface area contributed by atoms with Gasteiger partial charge < -0.3 is 15.8 Å². The van der Waals surface area contributed by atoms with E-state index in [1.54, 1.807) is 7.11 Å². The van der Waals surface area contributed by atoms with Gasteiger partial charge in [-0.1, -0.05) is 20.8 Å². The molecule has 0 radical (unpaired) electrons. The molecular formula is C15H26N2O. The first-order valence-electron chi connectivity index (χ1n) is 6.52. The molecule has 0 spiro atoms. The zero-order chi connectivity index (χ0) is 13.8. The topological polar surface area (TPSA) is 47.3 Å². The second-order valence-corrected chi connectivity index (χ2v) is 5.86. The van der Waals surface area contributed by atoms with Crippen LogP contribution in [0.25, 0.3) is 0 Å². The lowest BCUT2D eigenvalue weighted by Crippen LogP contribution is -2.19. The Morgan fingerprint density at radius 3 is 2.50 bits per heavy atom. The molecule has 0 aromatic heterocycles. The Labute approximate surface area is 111 Å². The van der Waals surface area contributed by atoms with Gasteiger partial charge in [0.25, 0.3) is 0 Å². The molecule has 0 saturated heterocycles. The standard InChI is InChI=1S/C15H26N2O/c1-11(16)8-9-17-12-6-7-14(18-5)13(10-12)15(2,3)4/h6-7,10-11,17H,8-9,16H2,1-5H3. The summed E-state index contributed by atoms with van der Waals surface area (Å²) in [6.07, 6.45) is 0.969. The van der Waals surface area contributed by atoms with Crippen LogP contribution in [-0.4, -0.2) is 19.7 Å². The number of anilines is 1. The molecule has 0 bridgehead atoms. The molecular weight excluding hydrogens is 224 g/mol. The number of ether oxygens (including phenoxy) is 1. The van der Waals surface area contributed by atoms with Crippen molar-refractivity contribution in [2.24, 2.45) is 5.73 Å². The van der Waals surface area contributed by atoms with E-state index in [9.17, 15) is 0 Å². The van der Waals surface area contributed by atoms with Crippen molar-refractivity contribution in [3.63, 3.8) is 0 Å². The highest BCUT2D eigenvalue weighted by Crippen LogP contribution is 2.33. The minimum absolute atomic E-state index is 0.0736. The summed E-state index contributed by atoms with van der Waals surface area (Å²) in [5, 5.41) is 3.40. The van der Waals surface area contributed by atoms with Gasteiger partial charge in [-0.05, 0) is 37.0 Å². The smallest absolute Gasteiger partial charge is 0.122 e. The second-order valence-electron chi connectivity index (χ2n) is 5.86. The van der Waals surface area contributed by atoms with Gasteiger partial charge in [0.2, 0.25) is 0 Å². The Balaban J connectivity index is 2.83. The number of methoxy groups -OCH3 is 1. The average molecular weight is 250 g/mol. The number of rotatable bonds is 5. The van der Waals surface area contributed by atoms with Crippen molar-refractivity contribution in [2.45, 2.75) is 45.6 Å². The molecule has 1 rings (SSSR count). The molecule has 0 amide bonds. The Morgan fingerprint density at radius 2 is 2.00 bits per heavy atom. The molecule has 0 fully saturated rings. The zero-order valence-electron chi connectivity index (χ0n) is 12.2. The third kappa shape index (κ3) is 4.22. The lowest BCUT2D eigenvalue weighted by Gasteiger charge is -2.23. The minimum atomic E-state index is 0.0736. The Morgan fingerprint density at radius 1 is 1.33 bits per heavy atom. The van der Waals surface area contributed by atoms with Crippen molar-refractivity contribution in [1.29, 1.82) is 0 Å². The van der Waals surface area contributed by atoms with E-state index in [1.165, 1.54) is 5.56 Å². The van der Waals surface area contributed by atoms with Crippen molar-refractivity contribution < 1.29 is 4.74 Å². The highest BCUT2D eigenvalue weighted by molar-refractivity contribution is 5.53. The number of benzene rings is 1. The van der Waals surface area contributed by atoms with Crippen molar-refractivity contribution >= 4 is 5.69 Å². The normalized spacial score (nSPS) is 13.2. The van der Waals surface area contributed by atoms with Crippen molar-refractivity contribution in [2.75, 3.05) is 19.0 Å². The molecule has 0 aliphatic heterocycles. The summed E-state index contributed by atoms with van der Waals surface area (Å²) < 4.78 is 5.42. The fourth-order valence-corrected chi connectivity index (χ4v) is 1.85.